The van der Waals surface area contributed by atoms with Crippen LogP contribution in [0.25, 0.3) is 10.8 Å². The zero-order valence-electron chi connectivity index (χ0n) is 11.6. The molecule has 1 atom stereocenters. The van der Waals surface area contributed by atoms with Crippen molar-refractivity contribution in [3.63, 3.8) is 0 Å². The van der Waals surface area contributed by atoms with Crippen molar-refractivity contribution in [1.82, 2.24) is 0 Å². The molecule has 4 nitrogen and oxygen atoms in total. The van der Waals surface area contributed by atoms with E-state index in [1.165, 1.54) is 0 Å². The number of fused-ring (bicyclic) bond motifs is 1. The Morgan fingerprint density at radius 1 is 1.14 bits per heavy atom. The highest BCUT2D eigenvalue weighted by Crippen LogP contribution is 2.23. The standard InChI is InChI=1S/C16H16BrNO3/c1-10(7-16(20)21)6-15(19)18-14-5-3-11-8-13(17)4-2-12(11)9-14/h2-5,8-10H,6-7H2,1H3,(H,18,19)(H,20,21). The Balaban J connectivity index is 2.04. The molecule has 0 heterocycles. The van der Waals surface area contributed by atoms with Crippen LogP contribution in [0.2, 0.25) is 0 Å². The van der Waals surface area contributed by atoms with Gasteiger partial charge >= 0.3 is 5.97 Å². The highest BCUT2D eigenvalue weighted by molar-refractivity contribution is 9.10. The van der Waals surface area contributed by atoms with E-state index in [4.69, 9.17) is 5.11 Å². The molecule has 21 heavy (non-hydrogen) atoms. The molecule has 0 saturated heterocycles. The second kappa shape index (κ2) is 6.72. The van der Waals surface area contributed by atoms with Crippen molar-refractivity contribution >= 4 is 44.3 Å². The molecular formula is C16H16BrNO3. The third-order valence-electron chi connectivity index (χ3n) is 3.14. The second-order valence-corrected chi connectivity index (χ2v) is 6.08. The summed E-state index contributed by atoms with van der Waals surface area (Å²) in [5.74, 6) is -1.23. The quantitative estimate of drug-likeness (QED) is 0.855. The number of carbonyl (C=O) groups excluding carboxylic acids is 1. The number of hydrogen-bond acceptors (Lipinski definition) is 2. The van der Waals surface area contributed by atoms with Crippen molar-refractivity contribution in [1.29, 1.82) is 0 Å². The molecule has 1 amide bonds. The maximum atomic E-state index is 11.9. The van der Waals surface area contributed by atoms with Crippen LogP contribution in [0.4, 0.5) is 5.69 Å². The van der Waals surface area contributed by atoms with Crippen LogP contribution in [-0.4, -0.2) is 17.0 Å². The largest absolute Gasteiger partial charge is 0.481 e. The van der Waals surface area contributed by atoms with Gasteiger partial charge in [0.1, 0.15) is 0 Å². The molecule has 0 fully saturated rings. The number of carbonyl (C=O) groups is 2. The number of nitrogens with one attached hydrogen (secondary N) is 1. The first-order chi connectivity index (χ1) is 9.94. The van der Waals surface area contributed by atoms with Crippen LogP contribution in [0, 0.1) is 5.92 Å². The average Bonchev–Trinajstić information content (AvgIpc) is 2.37. The lowest BCUT2D eigenvalue weighted by Crippen LogP contribution is -2.16. The lowest BCUT2D eigenvalue weighted by atomic mass is 10.0. The average molecular weight is 350 g/mol. The minimum absolute atomic E-state index is 0.000826. The topological polar surface area (TPSA) is 66.4 Å². The molecule has 0 aromatic heterocycles. The molecule has 0 aliphatic rings. The fourth-order valence-electron chi connectivity index (χ4n) is 2.19. The number of carboxylic acid groups (broad SMARTS) is 1. The van der Waals surface area contributed by atoms with Gasteiger partial charge in [0, 0.05) is 23.0 Å². The Bertz CT molecular complexity index is 684. The number of carboxylic acids is 1. The van der Waals surface area contributed by atoms with Gasteiger partial charge in [-0.3, -0.25) is 9.59 Å². The number of rotatable bonds is 5. The number of hydrogen-bond donors (Lipinski definition) is 2. The van der Waals surface area contributed by atoms with Crippen LogP contribution in [-0.2, 0) is 9.59 Å². The van der Waals surface area contributed by atoms with Gasteiger partial charge in [0.05, 0.1) is 0 Å². The summed E-state index contributed by atoms with van der Waals surface area (Å²) in [5.41, 5.74) is 0.720. The van der Waals surface area contributed by atoms with E-state index in [1.807, 2.05) is 36.4 Å². The monoisotopic (exact) mass is 349 g/mol. The van der Waals surface area contributed by atoms with E-state index in [0.29, 0.717) is 0 Å². The Morgan fingerprint density at radius 2 is 1.81 bits per heavy atom. The molecule has 0 bridgehead atoms. The maximum absolute atomic E-state index is 11.9. The van der Waals surface area contributed by atoms with Gasteiger partial charge in [-0.2, -0.15) is 0 Å². The molecule has 1 unspecified atom stereocenters. The number of amides is 1. The lowest BCUT2D eigenvalue weighted by molar-refractivity contribution is -0.138. The van der Waals surface area contributed by atoms with E-state index in [2.05, 4.69) is 21.2 Å². The molecule has 2 aromatic carbocycles. The van der Waals surface area contributed by atoms with Crippen LogP contribution >= 0.6 is 15.9 Å². The summed E-state index contributed by atoms with van der Waals surface area (Å²) in [6.45, 7) is 1.76. The van der Waals surface area contributed by atoms with Crippen molar-refractivity contribution in [3.8, 4) is 0 Å². The molecule has 5 heteroatoms. The highest BCUT2D eigenvalue weighted by Gasteiger charge is 2.12. The summed E-state index contributed by atoms with van der Waals surface area (Å²) in [4.78, 5) is 22.5. The van der Waals surface area contributed by atoms with Crippen molar-refractivity contribution in [3.05, 3.63) is 40.9 Å². The molecule has 0 aliphatic heterocycles. The summed E-state index contributed by atoms with van der Waals surface area (Å²) >= 11 is 3.42. The zero-order valence-corrected chi connectivity index (χ0v) is 13.2. The normalized spacial score (nSPS) is 12.1. The first kappa shape index (κ1) is 15.5. The fourth-order valence-corrected chi connectivity index (χ4v) is 2.57. The van der Waals surface area contributed by atoms with Crippen molar-refractivity contribution in [2.45, 2.75) is 19.8 Å². The van der Waals surface area contributed by atoms with E-state index < -0.39 is 5.97 Å². The first-order valence-electron chi connectivity index (χ1n) is 6.65. The smallest absolute Gasteiger partial charge is 0.303 e. The van der Waals surface area contributed by atoms with Gasteiger partial charge in [-0.25, -0.2) is 0 Å². The van der Waals surface area contributed by atoms with Crippen molar-refractivity contribution in [2.75, 3.05) is 5.32 Å². The highest BCUT2D eigenvalue weighted by atomic mass is 79.9. The SMILES string of the molecule is CC(CC(=O)O)CC(=O)Nc1ccc2cc(Br)ccc2c1. The Hall–Kier alpha value is -1.88. The molecule has 110 valence electrons. The van der Waals surface area contributed by atoms with Gasteiger partial charge < -0.3 is 10.4 Å². The summed E-state index contributed by atoms with van der Waals surface area (Å²) < 4.78 is 1.01. The van der Waals surface area contributed by atoms with E-state index in [1.54, 1.807) is 6.92 Å². The van der Waals surface area contributed by atoms with Crippen molar-refractivity contribution < 1.29 is 14.7 Å². The van der Waals surface area contributed by atoms with Crippen LogP contribution in [0.3, 0.4) is 0 Å². The van der Waals surface area contributed by atoms with Crippen LogP contribution in [0.5, 0.6) is 0 Å². The molecule has 2 N–H and O–H groups in total. The van der Waals surface area contributed by atoms with Crippen LogP contribution < -0.4 is 5.32 Å². The summed E-state index contributed by atoms with van der Waals surface area (Å²) in [6.07, 6.45) is 0.198. The van der Waals surface area contributed by atoms with Crippen molar-refractivity contribution in [2.24, 2.45) is 5.92 Å². The number of halogens is 1. The molecular weight excluding hydrogens is 334 g/mol. The third kappa shape index (κ3) is 4.56. The lowest BCUT2D eigenvalue weighted by Gasteiger charge is -2.10. The predicted molar refractivity (Wildman–Crippen MR) is 86.3 cm³/mol. The van der Waals surface area contributed by atoms with Gasteiger partial charge in [-0.15, -0.1) is 0 Å². The van der Waals surface area contributed by atoms with Crippen LogP contribution in [0.1, 0.15) is 19.8 Å². The Kier molecular flexibility index (Phi) is 4.96. The van der Waals surface area contributed by atoms with Gasteiger partial charge in [0.2, 0.25) is 5.91 Å². The molecule has 0 saturated carbocycles. The zero-order chi connectivity index (χ0) is 15.4. The number of anilines is 1. The molecule has 0 spiro atoms. The van der Waals surface area contributed by atoms with Gasteiger partial charge in [-0.05, 0) is 41.0 Å². The van der Waals surface area contributed by atoms with E-state index >= 15 is 0 Å². The molecule has 2 aromatic rings. The van der Waals surface area contributed by atoms with Gasteiger partial charge in [0.15, 0.2) is 0 Å². The van der Waals surface area contributed by atoms with Gasteiger partial charge in [-0.1, -0.05) is 35.0 Å². The fraction of sp³-hybridized carbons (Fsp3) is 0.250. The van der Waals surface area contributed by atoms with E-state index in [-0.39, 0.29) is 24.7 Å². The first-order valence-corrected chi connectivity index (χ1v) is 7.44. The second-order valence-electron chi connectivity index (χ2n) is 5.16. The van der Waals surface area contributed by atoms with Crippen LogP contribution in [0.15, 0.2) is 40.9 Å². The number of aliphatic carboxylic acids is 1. The number of benzene rings is 2. The van der Waals surface area contributed by atoms with E-state index in [0.717, 1.165) is 20.9 Å². The molecule has 2 rings (SSSR count). The predicted octanol–water partition coefficient (Wildman–Crippen LogP) is 4.04. The summed E-state index contributed by atoms with van der Waals surface area (Å²) in [6, 6.07) is 11.6. The molecule has 0 radical (unpaired) electrons. The van der Waals surface area contributed by atoms with Gasteiger partial charge in [0.25, 0.3) is 0 Å². The Morgan fingerprint density at radius 3 is 2.52 bits per heavy atom. The maximum Gasteiger partial charge on any atom is 0.303 e. The van der Waals surface area contributed by atoms with E-state index in [9.17, 15) is 9.59 Å². The minimum atomic E-state index is -0.883. The summed E-state index contributed by atoms with van der Waals surface area (Å²) in [7, 11) is 0. The molecule has 0 aliphatic carbocycles. The Labute approximate surface area is 131 Å². The third-order valence-corrected chi connectivity index (χ3v) is 3.64. The summed E-state index contributed by atoms with van der Waals surface area (Å²) in [5, 5.41) is 13.6. The minimum Gasteiger partial charge on any atom is -0.481 e.